The van der Waals surface area contributed by atoms with Gasteiger partial charge in [0.2, 0.25) is 0 Å². The van der Waals surface area contributed by atoms with Gasteiger partial charge in [-0.25, -0.2) is 9.78 Å². The average Bonchev–Trinajstić information content (AvgIpc) is 2.71. The summed E-state index contributed by atoms with van der Waals surface area (Å²) < 4.78 is 46.1. The zero-order chi connectivity index (χ0) is 22.6. The van der Waals surface area contributed by atoms with E-state index >= 15 is 0 Å². The highest BCUT2D eigenvalue weighted by atomic mass is 19.4. The van der Waals surface area contributed by atoms with Gasteiger partial charge in [0.25, 0.3) is 0 Å². The van der Waals surface area contributed by atoms with Gasteiger partial charge in [-0.3, -0.25) is 0 Å². The smallest absolute Gasteiger partial charge is 0.496 e. The molecule has 0 amide bonds. The molecule has 9 heteroatoms. The summed E-state index contributed by atoms with van der Waals surface area (Å²) in [4.78, 5) is 15.8. The predicted molar refractivity (Wildman–Crippen MR) is 108 cm³/mol. The number of pyridine rings is 1. The van der Waals surface area contributed by atoms with Gasteiger partial charge in [0.1, 0.15) is 22.9 Å². The van der Waals surface area contributed by atoms with Crippen molar-refractivity contribution < 1.29 is 32.5 Å². The molecule has 2 N–H and O–H groups in total. The molecule has 0 unspecified atom stereocenters. The van der Waals surface area contributed by atoms with Gasteiger partial charge < -0.3 is 19.9 Å². The lowest BCUT2D eigenvalue weighted by Gasteiger charge is -2.13. The minimum Gasteiger partial charge on any atom is -0.496 e. The van der Waals surface area contributed by atoms with Crippen LogP contribution in [0.1, 0.15) is 21.5 Å². The first kappa shape index (κ1) is 21.9. The Morgan fingerprint density at radius 1 is 1.16 bits per heavy atom. The maximum absolute atomic E-state index is 12.4. The first-order chi connectivity index (χ1) is 14.7. The number of nitrogens with zero attached hydrogens (tertiary/aromatic N) is 1. The minimum atomic E-state index is -4.75. The highest BCUT2D eigenvalue weighted by Crippen LogP contribution is 2.31. The van der Waals surface area contributed by atoms with E-state index < -0.39 is 12.3 Å². The number of aromatic carboxylic acids is 1. The molecule has 31 heavy (non-hydrogen) atoms. The van der Waals surface area contributed by atoms with Crippen LogP contribution in [0.5, 0.6) is 11.5 Å². The molecule has 0 spiro atoms. The lowest BCUT2D eigenvalue weighted by Crippen LogP contribution is -2.17. The van der Waals surface area contributed by atoms with E-state index in [1.54, 1.807) is 30.5 Å². The molecule has 6 nitrogen and oxygen atoms in total. The maximum Gasteiger partial charge on any atom is 0.573 e. The molecule has 0 aliphatic heterocycles. The van der Waals surface area contributed by atoms with Crippen LogP contribution in [0.25, 0.3) is 11.1 Å². The molecule has 0 atom stereocenters. The number of carbonyl (C=O) groups is 1. The molecule has 3 aromatic rings. The van der Waals surface area contributed by atoms with Crippen molar-refractivity contribution in [3.63, 3.8) is 0 Å². The number of carboxylic acid groups (broad SMARTS) is 1. The molecule has 3 rings (SSSR count). The van der Waals surface area contributed by atoms with Gasteiger partial charge in [0, 0.05) is 18.3 Å². The van der Waals surface area contributed by atoms with E-state index in [0.717, 1.165) is 5.56 Å². The number of hydrogen-bond acceptors (Lipinski definition) is 5. The highest BCUT2D eigenvalue weighted by Gasteiger charge is 2.31. The topological polar surface area (TPSA) is 80.7 Å². The van der Waals surface area contributed by atoms with Gasteiger partial charge in [-0.2, -0.15) is 0 Å². The van der Waals surface area contributed by atoms with Crippen molar-refractivity contribution in [2.75, 3.05) is 12.4 Å². The van der Waals surface area contributed by atoms with Crippen LogP contribution in [-0.2, 0) is 6.54 Å². The fourth-order valence-corrected chi connectivity index (χ4v) is 3.03. The van der Waals surface area contributed by atoms with Gasteiger partial charge in [-0.05, 0) is 60.0 Å². The Balaban J connectivity index is 1.74. The lowest BCUT2D eigenvalue weighted by molar-refractivity contribution is -0.274. The van der Waals surface area contributed by atoms with Gasteiger partial charge in [0.15, 0.2) is 0 Å². The van der Waals surface area contributed by atoms with Gasteiger partial charge >= 0.3 is 12.3 Å². The number of anilines is 1. The minimum absolute atomic E-state index is 0.0475. The number of ether oxygens (including phenoxy) is 2. The molecule has 1 heterocycles. The number of aromatic nitrogens is 1. The number of nitrogens with one attached hydrogen (secondary N) is 1. The second kappa shape index (κ2) is 8.95. The number of benzene rings is 2. The van der Waals surface area contributed by atoms with Crippen molar-refractivity contribution in [2.24, 2.45) is 0 Å². The molecule has 1 aromatic heterocycles. The zero-order valence-corrected chi connectivity index (χ0v) is 16.7. The van der Waals surface area contributed by atoms with E-state index in [9.17, 15) is 23.1 Å². The van der Waals surface area contributed by atoms with E-state index in [1.165, 1.54) is 31.4 Å². The summed E-state index contributed by atoms with van der Waals surface area (Å²) in [6.45, 7) is 2.08. The Labute approximate surface area is 176 Å². The number of hydrogen-bond donors (Lipinski definition) is 2. The number of rotatable bonds is 7. The van der Waals surface area contributed by atoms with Crippen molar-refractivity contribution >= 4 is 11.8 Å². The van der Waals surface area contributed by atoms with Crippen LogP contribution >= 0.6 is 0 Å². The summed E-state index contributed by atoms with van der Waals surface area (Å²) in [7, 11) is 1.41. The zero-order valence-electron chi connectivity index (χ0n) is 16.7. The lowest BCUT2D eigenvalue weighted by atomic mass is 9.98. The maximum atomic E-state index is 12.4. The molecule has 0 fully saturated rings. The van der Waals surface area contributed by atoms with E-state index in [1.807, 2.05) is 6.92 Å². The molecular formula is C22H19F3N2O4. The predicted octanol–water partition coefficient (Wildman–Crippen LogP) is 5.27. The van der Waals surface area contributed by atoms with Crippen LogP contribution in [0.15, 0.2) is 54.7 Å². The van der Waals surface area contributed by atoms with Crippen molar-refractivity contribution in [1.82, 2.24) is 4.98 Å². The number of alkyl halides is 3. The largest absolute Gasteiger partial charge is 0.573 e. The molecule has 0 radical (unpaired) electrons. The van der Waals surface area contributed by atoms with Crippen LogP contribution < -0.4 is 14.8 Å². The number of carboxylic acids is 1. The fourth-order valence-electron chi connectivity index (χ4n) is 3.03. The third kappa shape index (κ3) is 5.65. The van der Waals surface area contributed by atoms with E-state index in [-0.39, 0.29) is 23.6 Å². The van der Waals surface area contributed by atoms with Crippen LogP contribution in [0, 0.1) is 6.92 Å². The highest BCUT2D eigenvalue weighted by molar-refractivity contribution is 5.93. The molecule has 0 aliphatic carbocycles. The van der Waals surface area contributed by atoms with Crippen LogP contribution in [0.4, 0.5) is 19.0 Å². The third-order valence-corrected chi connectivity index (χ3v) is 4.46. The van der Waals surface area contributed by atoms with Crippen molar-refractivity contribution in [3.8, 4) is 22.6 Å². The summed E-state index contributed by atoms with van der Waals surface area (Å²) in [6, 6.07) is 12.3. The van der Waals surface area contributed by atoms with Gasteiger partial charge in [-0.15, -0.1) is 13.2 Å². The molecular weight excluding hydrogens is 413 g/mol. The van der Waals surface area contributed by atoms with Gasteiger partial charge in [0.05, 0.1) is 7.11 Å². The second-order valence-corrected chi connectivity index (χ2v) is 6.65. The van der Waals surface area contributed by atoms with Crippen molar-refractivity contribution in [3.05, 3.63) is 71.4 Å². The summed E-state index contributed by atoms with van der Waals surface area (Å²) in [5, 5.41) is 12.4. The normalized spacial score (nSPS) is 11.1. The number of aryl methyl sites for hydroxylation is 1. The quantitative estimate of drug-likeness (QED) is 0.529. The molecule has 0 aliphatic rings. The molecule has 2 aromatic carbocycles. The number of halogens is 3. The van der Waals surface area contributed by atoms with Crippen molar-refractivity contribution in [1.29, 1.82) is 0 Å². The Hall–Kier alpha value is -3.75. The van der Waals surface area contributed by atoms with Crippen molar-refractivity contribution in [2.45, 2.75) is 19.8 Å². The first-order valence-electron chi connectivity index (χ1n) is 9.13. The van der Waals surface area contributed by atoms with Crippen LogP contribution in [-0.4, -0.2) is 29.5 Å². The second-order valence-electron chi connectivity index (χ2n) is 6.65. The Kier molecular flexibility index (Phi) is 6.33. The van der Waals surface area contributed by atoms with E-state index in [2.05, 4.69) is 15.0 Å². The summed E-state index contributed by atoms with van der Waals surface area (Å²) >= 11 is 0. The molecule has 162 valence electrons. The molecule has 0 saturated heterocycles. The number of methoxy groups -OCH3 is 1. The SMILES string of the molecule is COc1cc(C)c(-c2ccc(NCc3cccc(OC(F)(F)F)c3)nc2)cc1C(=O)O. The van der Waals surface area contributed by atoms with Gasteiger partial charge in [-0.1, -0.05) is 12.1 Å². The standard InChI is InChI=1S/C22H19F3N2O4/c1-13-8-19(30-2)18(21(28)29)10-17(13)15-6-7-20(27-12-15)26-11-14-4-3-5-16(9-14)31-22(23,24)25/h3-10,12H,11H2,1-2H3,(H,26,27)(H,28,29). The van der Waals surface area contributed by atoms with E-state index in [4.69, 9.17) is 4.74 Å². The van der Waals surface area contributed by atoms with E-state index in [0.29, 0.717) is 22.5 Å². The summed E-state index contributed by atoms with van der Waals surface area (Å²) in [6.07, 6.45) is -3.16. The fraction of sp³-hybridized carbons (Fsp3) is 0.182. The van der Waals surface area contributed by atoms with Crippen LogP contribution in [0.2, 0.25) is 0 Å². The summed E-state index contributed by atoms with van der Waals surface area (Å²) in [5.74, 6) is -0.604. The molecule has 0 bridgehead atoms. The Morgan fingerprint density at radius 3 is 2.55 bits per heavy atom. The molecule has 0 saturated carbocycles. The third-order valence-electron chi connectivity index (χ3n) is 4.46. The Morgan fingerprint density at radius 2 is 1.94 bits per heavy atom. The Bertz CT molecular complexity index is 1080. The first-order valence-corrected chi connectivity index (χ1v) is 9.13. The monoisotopic (exact) mass is 432 g/mol. The van der Waals surface area contributed by atoms with Crippen LogP contribution in [0.3, 0.4) is 0 Å². The average molecular weight is 432 g/mol. The summed E-state index contributed by atoms with van der Waals surface area (Å²) in [5.41, 5.74) is 2.88.